The standard InChI is InChI=1S/C13H27N/c1-3-5-10-13(4-2,11-14)12-8-6-7-9-12/h12H,3-11,14H2,1-2H3. The molecule has 1 fully saturated rings. The molecule has 1 atom stereocenters. The Morgan fingerprint density at radius 1 is 1.21 bits per heavy atom. The summed E-state index contributed by atoms with van der Waals surface area (Å²) in [6.07, 6.45) is 11.1. The van der Waals surface area contributed by atoms with Crippen molar-refractivity contribution in [3.05, 3.63) is 0 Å². The van der Waals surface area contributed by atoms with Crippen molar-refractivity contribution in [2.75, 3.05) is 6.54 Å². The third-order valence-electron chi connectivity index (χ3n) is 4.36. The Kier molecular flexibility index (Phi) is 4.94. The first kappa shape index (κ1) is 12.0. The van der Waals surface area contributed by atoms with Crippen LogP contribution in [-0.4, -0.2) is 6.54 Å². The molecule has 2 N–H and O–H groups in total. The number of hydrogen-bond acceptors (Lipinski definition) is 1. The van der Waals surface area contributed by atoms with Gasteiger partial charge in [0.15, 0.2) is 0 Å². The summed E-state index contributed by atoms with van der Waals surface area (Å²) in [7, 11) is 0. The Morgan fingerprint density at radius 3 is 2.29 bits per heavy atom. The molecule has 0 bridgehead atoms. The molecule has 1 saturated carbocycles. The van der Waals surface area contributed by atoms with Crippen LogP contribution in [0.1, 0.15) is 65.2 Å². The maximum atomic E-state index is 6.04. The van der Waals surface area contributed by atoms with Crippen molar-refractivity contribution in [3.63, 3.8) is 0 Å². The van der Waals surface area contributed by atoms with Crippen LogP contribution in [0.25, 0.3) is 0 Å². The average Bonchev–Trinajstić information content (AvgIpc) is 2.74. The zero-order valence-corrected chi connectivity index (χ0v) is 10.0. The Bertz CT molecular complexity index is 143. The highest BCUT2D eigenvalue weighted by molar-refractivity contribution is 4.88. The van der Waals surface area contributed by atoms with Gasteiger partial charge in [0.1, 0.15) is 0 Å². The predicted molar refractivity (Wildman–Crippen MR) is 63.3 cm³/mol. The highest BCUT2D eigenvalue weighted by Gasteiger charge is 2.36. The molecule has 1 aliphatic carbocycles. The van der Waals surface area contributed by atoms with Crippen LogP contribution in [0.2, 0.25) is 0 Å². The summed E-state index contributed by atoms with van der Waals surface area (Å²) in [5.41, 5.74) is 6.53. The predicted octanol–water partition coefficient (Wildman–Crippen LogP) is 3.72. The lowest BCUT2D eigenvalue weighted by atomic mass is 9.69. The van der Waals surface area contributed by atoms with Gasteiger partial charge in [0.25, 0.3) is 0 Å². The van der Waals surface area contributed by atoms with Crippen LogP contribution < -0.4 is 5.73 Å². The normalized spacial score (nSPS) is 22.5. The first-order valence-electron chi connectivity index (χ1n) is 6.49. The van der Waals surface area contributed by atoms with E-state index in [9.17, 15) is 0 Å². The Hall–Kier alpha value is -0.0400. The van der Waals surface area contributed by atoms with Crippen LogP contribution in [0.5, 0.6) is 0 Å². The molecule has 0 heterocycles. The summed E-state index contributed by atoms with van der Waals surface area (Å²) < 4.78 is 0. The van der Waals surface area contributed by atoms with E-state index in [0.717, 1.165) is 12.5 Å². The second kappa shape index (κ2) is 5.75. The maximum absolute atomic E-state index is 6.04. The van der Waals surface area contributed by atoms with Gasteiger partial charge in [0, 0.05) is 0 Å². The summed E-state index contributed by atoms with van der Waals surface area (Å²) in [6, 6.07) is 0. The molecule has 1 rings (SSSR count). The van der Waals surface area contributed by atoms with E-state index in [4.69, 9.17) is 5.73 Å². The van der Waals surface area contributed by atoms with E-state index in [0.29, 0.717) is 5.41 Å². The van der Waals surface area contributed by atoms with Crippen LogP contribution in [0.3, 0.4) is 0 Å². The van der Waals surface area contributed by atoms with E-state index in [1.54, 1.807) is 0 Å². The van der Waals surface area contributed by atoms with Gasteiger partial charge >= 0.3 is 0 Å². The molecule has 1 nitrogen and oxygen atoms in total. The maximum Gasteiger partial charge on any atom is -0.00180 e. The minimum atomic E-state index is 0.493. The molecule has 0 saturated heterocycles. The molecule has 14 heavy (non-hydrogen) atoms. The van der Waals surface area contributed by atoms with Gasteiger partial charge in [0.05, 0.1) is 0 Å². The van der Waals surface area contributed by atoms with Crippen molar-refractivity contribution in [1.82, 2.24) is 0 Å². The summed E-state index contributed by atoms with van der Waals surface area (Å²) in [6.45, 7) is 5.53. The van der Waals surface area contributed by atoms with Gasteiger partial charge in [-0.1, -0.05) is 39.5 Å². The van der Waals surface area contributed by atoms with Crippen molar-refractivity contribution >= 4 is 0 Å². The van der Waals surface area contributed by atoms with Crippen LogP contribution >= 0.6 is 0 Å². The molecule has 0 amide bonds. The van der Waals surface area contributed by atoms with Crippen LogP contribution in [0.4, 0.5) is 0 Å². The molecule has 0 aliphatic heterocycles. The molecule has 1 aliphatic rings. The van der Waals surface area contributed by atoms with Crippen LogP contribution in [0.15, 0.2) is 0 Å². The lowest BCUT2D eigenvalue weighted by Gasteiger charge is -2.37. The average molecular weight is 197 g/mol. The molecule has 0 aromatic rings. The second-order valence-corrected chi connectivity index (χ2v) is 5.00. The number of rotatable bonds is 6. The Balaban J connectivity index is 2.57. The monoisotopic (exact) mass is 197 g/mol. The van der Waals surface area contributed by atoms with Gasteiger partial charge in [-0.2, -0.15) is 0 Å². The quantitative estimate of drug-likeness (QED) is 0.690. The SMILES string of the molecule is CCCCC(CC)(CN)C1CCCC1. The molecule has 0 aromatic carbocycles. The zero-order valence-electron chi connectivity index (χ0n) is 10.0. The first-order valence-corrected chi connectivity index (χ1v) is 6.49. The van der Waals surface area contributed by atoms with Crippen LogP contribution in [0, 0.1) is 11.3 Å². The molecule has 84 valence electrons. The molecule has 1 unspecified atom stereocenters. The van der Waals surface area contributed by atoms with E-state index in [-0.39, 0.29) is 0 Å². The van der Waals surface area contributed by atoms with Crippen molar-refractivity contribution in [1.29, 1.82) is 0 Å². The highest BCUT2D eigenvalue weighted by Crippen LogP contribution is 2.44. The number of unbranched alkanes of at least 4 members (excludes halogenated alkanes) is 1. The minimum absolute atomic E-state index is 0.493. The summed E-state index contributed by atoms with van der Waals surface area (Å²) in [5.74, 6) is 0.934. The Labute approximate surface area is 89.5 Å². The largest absolute Gasteiger partial charge is 0.330 e. The van der Waals surface area contributed by atoms with Gasteiger partial charge in [-0.05, 0) is 43.6 Å². The summed E-state index contributed by atoms with van der Waals surface area (Å²) >= 11 is 0. The Morgan fingerprint density at radius 2 is 1.86 bits per heavy atom. The zero-order chi connectivity index (χ0) is 10.4. The number of nitrogens with two attached hydrogens (primary N) is 1. The van der Waals surface area contributed by atoms with Gasteiger partial charge < -0.3 is 5.73 Å². The molecular weight excluding hydrogens is 170 g/mol. The van der Waals surface area contributed by atoms with Gasteiger partial charge in [0.2, 0.25) is 0 Å². The van der Waals surface area contributed by atoms with E-state index in [1.807, 2.05) is 0 Å². The van der Waals surface area contributed by atoms with Crippen LogP contribution in [-0.2, 0) is 0 Å². The topological polar surface area (TPSA) is 26.0 Å². The van der Waals surface area contributed by atoms with Crippen molar-refractivity contribution in [3.8, 4) is 0 Å². The first-order chi connectivity index (χ1) is 6.79. The number of hydrogen-bond donors (Lipinski definition) is 1. The van der Waals surface area contributed by atoms with E-state index >= 15 is 0 Å². The third-order valence-corrected chi connectivity index (χ3v) is 4.36. The minimum Gasteiger partial charge on any atom is -0.330 e. The van der Waals surface area contributed by atoms with E-state index < -0.39 is 0 Å². The van der Waals surface area contributed by atoms with Crippen molar-refractivity contribution in [2.24, 2.45) is 17.1 Å². The fraction of sp³-hybridized carbons (Fsp3) is 1.00. The third kappa shape index (κ3) is 2.50. The second-order valence-electron chi connectivity index (χ2n) is 5.00. The fourth-order valence-electron chi connectivity index (χ4n) is 3.15. The van der Waals surface area contributed by atoms with E-state index in [2.05, 4.69) is 13.8 Å². The summed E-state index contributed by atoms with van der Waals surface area (Å²) in [5, 5.41) is 0. The van der Waals surface area contributed by atoms with Gasteiger partial charge in [-0.25, -0.2) is 0 Å². The van der Waals surface area contributed by atoms with E-state index in [1.165, 1.54) is 51.4 Å². The van der Waals surface area contributed by atoms with Gasteiger partial charge in [-0.15, -0.1) is 0 Å². The van der Waals surface area contributed by atoms with Crippen molar-refractivity contribution < 1.29 is 0 Å². The van der Waals surface area contributed by atoms with Gasteiger partial charge in [-0.3, -0.25) is 0 Å². The summed E-state index contributed by atoms with van der Waals surface area (Å²) in [4.78, 5) is 0. The molecule has 0 spiro atoms. The molecule has 0 aromatic heterocycles. The molecular formula is C13H27N. The molecule has 1 heteroatoms. The lowest BCUT2D eigenvalue weighted by Crippen LogP contribution is -2.36. The fourth-order valence-corrected chi connectivity index (χ4v) is 3.15. The molecule has 0 radical (unpaired) electrons. The highest BCUT2D eigenvalue weighted by atomic mass is 14.6. The van der Waals surface area contributed by atoms with Crippen molar-refractivity contribution in [2.45, 2.75) is 65.2 Å². The smallest absolute Gasteiger partial charge is 0.00180 e. The lowest BCUT2D eigenvalue weighted by molar-refractivity contribution is 0.144.